The van der Waals surface area contributed by atoms with Crippen LogP contribution >= 0.6 is 0 Å². The highest BCUT2D eigenvalue weighted by atomic mass is 16.6. The monoisotopic (exact) mass is 310 g/mol. The molecule has 2 rings (SSSR count). The smallest absolute Gasteiger partial charge is 0.314 e. The van der Waals surface area contributed by atoms with Crippen molar-refractivity contribution < 1.29 is 14.5 Å². The van der Waals surface area contributed by atoms with E-state index in [-0.39, 0.29) is 22.6 Å². The SMILES string of the molecule is N#Cc1ccccc1NC(=O)C(=O)Nc1cccc([N+](=O)[O-])c1. The topological polar surface area (TPSA) is 125 Å². The molecule has 0 bridgehead atoms. The first-order valence-electron chi connectivity index (χ1n) is 6.37. The number of nitro groups is 1. The summed E-state index contributed by atoms with van der Waals surface area (Å²) < 4.78 is 0. The zero-order valence-corrected chi connectivity index (χ0v) is 11.6. The highest BCUT2D eigenvalue weighted by molar-refractivity contribution is 6.43. The van der Waals surface area contributed by atoms with Crippen molar-refractivity contribution in [2.24, 2.45) is 0 Å². The summed E-state index contributed by atoms with van der Waals surface area (Å²) in [5, 5.41) is 24.2. The van der Waals surface area contributed by atoms with Crippen molar-refractivity contribution in [3.63, 3.8) is 0 Å². The third-order valence-electron chi connectivity index (χ3n) is 2.82. The van der Waals surface area contributed by atoms with Crippen LogP contribution in [-0.2, 0) is 9.59 Å². The number of nitrogens with one attached hydrogen (secondary N) is 2. The molecule has 0 aromatic heterocycles. The van der Waals surface area contributed by atoms with Crippen molar-refractivity contribution in [2.45, 2.75) is 0 Å². The molecule has 23 heavy (non-hydrogen) atoms. The molecule has 0 saturated heterocycles. The Kier molecular flexibility index (Phi) is 4.64. The molecule has 0 saturated carbocycles. The Balaban J connectivity index is 2.09. The number of anilines is 2. The number of carbonyl (C=O) groups is 2. The molecular weight excluding hydrogens is 300 g/mol. The van der Waals surface area contributed by atoms with Gasteiger partial charge in [0.2, 0.25) is 0 Å². The second-order valence-electron chi connectivity index (χ2n) is 4.37. The Morgan fingerprint density at radius 2 is 1.74 bits per heavy atom. The first-order chi connectivity index (χ1) is 11.0. The molecule has 2 amide bonds. The van der Waals surface area contributed by atoms with Gasteiger partial charge in [-0.1, -0.05) is 18.2 Å². The average Bonchev–Trinajstić information content (AvgIpc) is 2.55. The number of nitriles is 1. The number of non-ortho nitro benzene ring substituents is 1. The van der Waals surface area contributed by atoms with E-state index in [1.807, 2.05) is 6.07 Å². The minimum atomic E-state index is -1.00. The van der Waals surface area contributed by atoms with Gasteiger partial charge in [0.25, 0.3) is 5.69 Å². The maximum absolute atomic E-state index is 11.8. The Bertz CT molecular complexity index is 826. The van der Waals surface area contributed by atoms with Gasteiger partial charge in [-0.3, -0.25) is 19.7 Å². The molecule has 0 aliphatic heterocycles. The van der Waals surface area contributed by atoms with E-state index in [2.05, 4.69) is 10.6 Å². The number of carbonyl (C=O) groups excluding carboxylic acids is 2. The molecule has 0 fully saturated rings. The number of nitrogens with zero attached hydrogens (tertiary/aromatic N) is 2. The first-order valence-corrected chi connectivity index (χ1v) is 6.37. The number of amides is 2. The van der Waals surface area contributed by atoms with Crippen molar-refractivity contribution in [3.8, 4) is 6.07 Å². The average molecular weight is 310 g/mol. The van der Waals surface area contributed by atoms with Crippen LogP contribution in [0.2, 0.25) is 0 Å². The van der Waals surface area contributed by atoms with Crippen LogP contribution in [0.4, 0.5) is 17.1 Å². The highest BCUT2D eigenvalue weighted by Crippen LogP contribution is 2.17. The van der Waals surface area contributed by atoms with E-state index in [0.717, 1.165) is 6.07 Å². The predicted molar refractivity (Wildman–Crippen MR) is 81.5 cm³/mol. The fraction of sp³-hybridized carbons (Fsp3) is 0. The van der Waals surface area contributed by atoms with Gasteiger partial charge in [0.05, 0.1) is 16.2 Å². The number of benzene rings is 2. The third kappa shape index (κ3) is 3.89. The number of rotatable bonds is 3. The van der Waals surface area contributed by atoms with E-state index >= 15 is 0 Å². The lowest BCUT2D eigenvalue weighted by molar-refractivity contribution is -0.384. The van der Waals surface area contributed by atoms with Crippen molar-refractivity contribution in [1.82, 2.24) is 0 Å². The van der Waals surface area contributed by atoms with Crippen LogP contribution in [-0.4, -0.2) is 16.7 Å². The summed E-state index contributed by atoms with van der Waals surface area (Å²) in [6.07, 6.45) is 0. The molecule has 0 heterocycles. The molecule has 8 nitrogen and oxygen atoms in total. The molecule has 0 aliphatic carbocycles. The van der Waals surface area contributed by atoms with Gasteiger partial charge in [0.1, 0.15) is 6.07 Å². The van der Waals surface area contributed by atoms with Gasteiger partial charge in [0.15, 0.2) is 0 Å². The third-order valence-corrected chi connectivity index (χ3v) is 2.82. The molecule has 2 aromatic carbocycles. The van der Waals surface area contributed by atoms with Crippen molar-refractivity contribution in [2.75, 3.05) is 10.6 Å². The molecule has 2 N–H and O–H groups in total. The van der Waals surface area contributed by atoms with E-state index in [9.17, 15) is 19.7 Å². The lowest BCUT2D eigenvalue weighted by atomic mass is 10.2. The zero-order valence-electron chi connectivity index (χ0n) is 11.6. The molecule has 0 aliphatic rings. The molecule has 0 spiro atoms. The van der Waals surface area contributed by atoms with Crippen LogP contribution in [0.5, 0.6) is 0 Å². The van der Waals surface area contributed by atoms with Gasteiger partial charge in [-0.2, -0.15) is 5.26 Å². The number of hydrogen-bond acceptors (Lipinski definition) is 5. The van der Waals surface area contributed by atoms with E-state index in [1.54, 1.807) is 12.1 Å². The van der Waals surface area contributed by atoms with E-state index in [0.29, 0.717) is 0 Å². The van der Waals surface area contributed by atoms with Crippen molar-refractivity contribution in [1.29, 1.82) is 5.26 Å². The van der Waals surface area contributed by atoms with Crippen molar-refractivity contribution >= 4 is 28.9 Å². The van der Waals surface area contributed by atoms with E-state index in [4.69, 9.17) is 5.26 Å². The van der Waals surface area contributed by atoms with Gasteiger partial charge >= 0.3 is 11.8 Å². The number of hydrogen-bond donors (Lipinski definition) is 2. The van der Waals surface area contributed by atoms with Gasteiger partial charge < -0.3 is 10.6 Å². The summed E-state index contributed by atoms with van der Waals surface area (Å²) in [6.45, 7) is 0. The second kappa shape index (κ2) is 6.82. The largest absolute Gasteiger partial charge is 0.318 e. The number of para-hydroxylation sites is 1. The highest BCUT2D eigenvalue weighted by Gasteiger charge is 2.16. The van der Waals surface area contributed by atoms with Crippen LogP contribution in [0, 0.1) is 21.4 Å². The summed E-state index contributed by atoms with van der Waals surface area (Å²) in [7, 11) is 0. The summed E-state index contributed by atoms with van der Waals surface area (Å²) >= 11 is 0. The maximum atomic E-state index is 11.8. The van der Waals surface area contributed by atoms with Crippen molar-refractivity contribution in [3.05, 3.63) is 64.2 Å². The maximum Gasteiger partial charge on any atom is 0.314 e. The standard InChI is InChI=1S/C15H10N4O4/c16-9-10-4-1-2-7-13(10)18-15(21)14(20)17-11-5-3-6-12(8-11)19(22)23/h1-8H,(H,17,20)(H,18,21). The normalized spacial score (nSPS) is 9.52. The van der Waals surface area contributed by atoms with Gasteiger partial charge in [-0.15, -0.1) is 0 Å². The quantitative estimate of drug-likeness (QED) is 0.510. The summed E-state index contributed by atoms with van der Waals surface area (Å²) in [5.41, 5.74) is 0.323. The summed E-state index contributed by atoms with van der Waals surface area (Å²) in [6, 6.07) is 13.3. The fourth-order valence-electron chi connectivity index (χ4n) is 1.75. The van der Waals surface area contributed by atoms with E-state index < -0.39 is 16.7 Å². The van der Waals surface area contributed by atoms with Crippen LogP contribution in [0.1, 0.15) is 5.56 Å². The molecule has 0 atom stereocenters. The summed E-state index contributed by atoms with van der Waals surface area (Å²) in [4.78, 5) is 33.7. The van der Waals surface area contributed by atoms with Gasteiger partial charge in [-0.25, -0.2) is 0 Å². The fourth-order valence-corrected chi connectivity index (χ4v) is 1.75. The minimum Gasteiger partial charge on any atom is -0.318 e. The first kappa shape index (κ1) is 15.7. The minimum absolute atomic E-state index is 0.118. The van der Waals surface area contributed by atoms with Crippen LogP contribution in [0.3, 0.4) is 0 Å². The van der Waals surface area contributed by atoms with Crippen LogP contribution in [0.25, 0.3) is 0 Å². The second-order valence-corrected chi connectivity index (χ2v) is 4.37. The Morgan fingerprint density at radius 1 is 1.04 bits per heavy atom. The summed E-state index contributed by atoms with van der Waals surface area (Å²) in [5.74, 6) is -1.99. The van der Waals surface area contributed by atoms with Gasteiger partial charge in [-0.05, 0) is 18.2 Å². The van der Waals surface area contributed by atoms with Gasteiger partial charge in [0, 0.05) is 17.8 Å². The molecule has 0 unspecified atom stereocenters. The zero-order chi connectivity index (χ0) is 16.8. The molecule has 114 valence electrons. The van der Waals surface area contributed by atoms with E-state index in [1.165, 1.54) is 30.3 Å². The van der Waals surface area contributed by atoms with Crippen LogP contribution in [0.15, 0.2) is 48.5 Å². The predicted octanol–water partition coefficient (Wildman–Crippen LogP) is 2.04. The molecule has 0 radical (unpaired) electrons. The lowest BCUT2D eigenvalue weighted by Gasteiger charge is -2.07. The molecule has 2 aromatic rings. The Morgan fingerprint density at radius 3 is 2.43 bits per heavy atom. The Labute approximate surface area is 130 Å². The number of nitro benzene ring substituents is 1. The molecule has 8 heteroatoms. The Hall–Kier alpha value is -3.73. The molecular formula is C15H10N4O4. The van der Waals surface area contributed by atoms with Crippen LogP contribution < -0.4 is 10.6 Å². The lowest BCUT2D eigenvalue weighted by Crippen LogP contribution is -2.29.